The van der Waals surface area contributed by atoms with Crippen LogP contribution in [0.15, 0.2) is 36.7 Å². The first-order valence-electron chi connectivity index (χ1n) is 12.0. The number of hydrogen-bond donors (Lipinski definition) is 1. The molecular weight excluding hydrogens is 565 g/mol. The number of rotatable bonds is 19. The molecule has 196 valence electrons. The minimum Gasteiger partial charge on any atom is -0.377 e. The molecule has 2 rings (SSSR count). The minimum atomic E-state index is -0.117. The third-order valence-electron chi connectivity index (χ3n) is 5.29. The number of carbonyl (C=O) groups excluding carboxylic acids is 1. The smallest absolute Gasteiger partial charge is 0.251 e. The van der Waals surface area contributed by atoms with Gasteiger partial charge in [-0.25, -0.2) is 0 Å². The third-order valence-corrected chi connectivity index (χ3v) is 5.73. The molecule has 9 nitrogen and oxygen atoms in total. The monoisotopic (exact) mass is 603 g/mol. The van der Waals surface area contributed by atoms with E-state index in [0.717, 1.165) is 5.56 Å². The van der Waals surface area contributed by atoms with Crippen molar-refractivity contribution >= 4 is 28.9 Å². The Morgan fingerprint density at radius 1 is 0.857 bits per heavy atom. The molecule has 10 heteroatoms. The molecule has 1 heterocycles. The maximum atomic E-state index is 12.4. The topological polar surface area (TPSA) is 93.1 Å². The zero-order valence-corrected chi connectivity index (χ0v) is 23.1. The van der Waals surface area contributed by atoms with Gasteiger partial charge in [-0.3, -0.25) is 9.48 Å². The Balaban J connectivity index is 1.51. The standard InChI is InChI=1S/C25H38IN3O6/c1-20(2)24-18-28-29(19-24)21(3)22-4-6-23(7-5-22)25(30)27-8-9-31-10-11-32-12-13-33-14-15-34-16-17-35-26/h4-7,18-21H,8-17H2,1-3H3,(H,27,30). The van der Waals surface area contributed by atoms with Crippen molar-refractivity contribution in [3.63, 3.8) is 0 Å². The van der Waals surface area contributed by atoms with E-state index in [1.165, 1.54) is 5.56 Å². The number of nitrogens with zero attached hydrogens (tertiary/aromatic N) is 2. The molecular formula is C25H38IN3O6. The Bertz CT molecular complexity index is 831. The maximum absolute atomic E-state index is 12.4. The predicted molar refractivity (Wildman–Crippen MR) is 142 cm³/mol. The lowest BCUT2D eigenvalue weighted by molar-refractivity contribution is -0.00312. The molecule has 1 aromatic heterocycles. The number of aromatic nitrogens is 2. The van der Waals surface area contributed by atoms with E-state index >= 15 is 0 Å². The quantitative estimate of drug-likeness (QED) is 0.193. The molecule has 0 saturated heterocycles. The van der Waals surface area contributed by atoms with E-state index in [9.17, 15) is 4.79 Å². The van der Waals surface area contributed by atoms with Crippen LogP contribution in [0.25, 0.3) is 0 Å². The van der Waals surface area contributed by atoms with E-state index in [-0.39, 0.29) is 11.9 Å². The van der Waals surface area contributed by atoms with E-state index < -0.39 is 0 Å². The zero-order valence-electron chi connectivity index (χ0n) is 20.9. The highest BCUT2D eigenvalue weighted by Crippen LogP contribution is 2.20. The molecule has 0 aliphatic carbocycles. The Morgan fingerprint density at radius 2 is 1.40 bits per heavy atom. The molecule has 0 bridgehead atoms. The van der Waals surface area contributed by atoms with Crippen LogP contribution in [-0.4, -0.2) is 81.7 Å². The SMILES string of the molecule is CC(C)c1cnn(C(C)c2ccc(C(=O)NCCOCCOCCOCCOCCOI)cc2)c1. The number of carbonyl (C=O) groups is 1. The summed E-state index contributed by atoms with van der Waals surface area (Å²) in [7, 11) is 0. The summed E-state index contributed by atoms with van der Waals surface area (Å²) < 4.78 is 28.4. The Kier molecular flexibility index (Phi) is 15.1. The van der Waals surface area contributed by atoms with E-state index in [0.29, 0.717) is 77.5 Å². The highest BCUT2D eigenvalue weighted by atomic mass is 127. The highest BCUT2D eigenvalue weighted by molar-refractivity contribution is 14.1. The van der Waals surface area contributed by atoms with Gasteiger partial charge in [-0.1, -0.05) is 26.0 Å². The molecule has 0 saturated carbocycles. The van der Waals surface area contributed by atoms with Gasteiger partial charge in [-0.2, -0.15) is 5.10 Å². The molecule has 0 fully saturated rings. The number of ether oxygens (including phenoxy) is 4. The van der Waals surface area contributed by atoms with Crippen LogP contribution in [0.4, 0.5) is 0 Å². The van der Waals surface area contributed by atoms with Crippen LogP contribution in [0.5, 0.6) is 0 Å². The largest absolute Gasteiger partial charge is 0.377 e. The van der Waals surface area contributed by atoms with Crippen molar-refractivity contribution in [3.8, 4) is 0 Å². The second-order valence-corrected chi connectivity index (χ2v) is 8.85. The molecule has 2 aromatic rings. The number of nitrogens with one attached hydrogen (secondary N) is 1. The number of halogens is 1. The van der Waals surface area contributed by atoms with Crippen LogP contribution in [0.2, 0.25) is 0 Å². The van der Waals surface area contributed by atoms with Crippen LogP contribution in [-0.2, 0) is 22.0 Å². The van der Waals surface area contributed by atoms with Crippen molar-refractivity contribution in [2.45, 2.75) is 32.7 Å². The summed E-state index contributed by atoms with van der Waals surface area (Å²) in [6.07, 6.45) is 3.99. The van der Waals surface area contributed by atoms with Gasteiger partial charge in [0.15, 0.2) is 0 Å². The Labute approximate surface area is 222 Å². The van der Waals surface area contributed by atoms with Gasteiger partial charge < -0.3 is 27.3 Å². The van der Waals surface area contributed by atoms with Crippen LogP contribution in [0.3, 0.4) is 0 Å². The summed E-state index contributed by atoms with van der Waals surface area (Å²) in [6, 6.07) is 7.73. The summed E-state index contributed by atoms with van der Waals surface area (Å²) >= 11 is 1.84. The second-order valence-electron chi connectivity index (χ2n) is 8.22. The number of hydrogen-bond acceptors (Lipinski definition) is 7. The van der Waals surface area contributed by atoms with Crippen molar-refractivity contribution in [1.29, 1.82) is 0 Å². The molecule has 0 aliphatic rings. The molecule has 1 atom stereocenters. The Hall–Kier alpha value is -1.57. The van der Waals surface area contributed by atoms with Gasteiger partial charge in [0.1, 0.15) is 23.0 Å². The summed E-state index contributed by atoms with van der Waals surface area (Å²) in [6.45, 7) is 11.5. The normalized spacial score (nSPS) is 12.3. The number of benzene rings is 1. The summed E-state index contributed by atoms with van der Waals surface area (Å²) in [4.78, 5) is 12.4. The van der Waals surface area contributed by atoms with Gasteiger partial charge in [0.2, 0.25) is 0 Å². The lowest BCUT2D eigenvalue weighted by atomic mass is 10.1. The van der Waals surface area contributed by atoms with Gasteiger partial charge in [0, 0.05) is 18.3 Å². The third kappa shape index (κ3) is 11.8. The van der Waals surface area contributed by atoms with Crippen LogP contribution in [0.1, 0.15) is 54.2 Å². The van der Waals surface area contributed by atoms with E-state index in [4.69, 9.17) is 22.0 Å². The second kappa shape index (κ2) is 17.8. The summed E-state index contributed by atoms with van der Waals surface area (Å²) in [5, 5.41) is 7.35. The van der Waals surface area contributed by atoms with Crippen molar-refractivity contribution in [1.82, 2.24) is 15.1 Å². The van der Waals surface area contributed by atoms with Gasteiger partial charge in [-0.05, 0) is 36.1 Å². The molecule has 1 aromatic carbocycles. The average Bonchev–Trinajstić information content (AvgIpc) is 3.37. The van der Waals surface area contributed by atoms with E-state index in [1.807, 2.05) is 58.1 Å². The fraction of sp³-hybridized carbons (Fsp3) is 0.600. The lowest BCUT2D eigenvalue weighted by Gasteiger charge is -2.13. The van der Waals surface area contributed by atoms with Crippen molar-refractivity contribution < 1.29 is 26.8 Å². The predicted octanol–water partition coefficient (Wildman–Crippen LogP) is 3.78. The highest BCUT2D eigenvalue weighted by Gasteiger charge is 2.12. The van der Waals surface area contributed by atoms with Crippen molar-refractivity contribution in [2.75, 3.05) is 66.0 Å². The van der Waals surface area contributed by atoms with Gasteiger partial charge in [0.25, 0.3) is 5.91 Å². The van der Waals surface area contributed by atoms with E-state index in [1.54, 1.807) is 0 Å². The summed E-state index contributed by atoms with van der Waals surface area (Å²) in [5.74, 6) is 0.327. The van der Waals surface area contributed by atoms with Gasteiger partial charge in [-0.15, -0.1) is 0 Å². The number of amides is 1. The zero-order chi connectivity index (χ0) is 25.3. The summed E-state index contributed by atoms with van der Waals surface area (Å²) in [5.41, 5.74) is 2.94. The molecule has 35 heavy (non-hydrogen) atoms. The minimum absolute atomic E-state index is 0.0988. The average molecular weight is 603 g/mol. The first-order chi connectivity index (χ1) is 17.0. The van der Waals surface area contributed by atoms with Crippen molar-refractivity contribution in [3.05, 3.63) is 53.3 Å². The van der Waals surface area contributed by atoms with Gasteiger partial charge in [0.05, 0.1) is 71.7 Å². The maximum Gasteiger partial charge on any atom is 0.251 e. The first kappa shape index (κ1) is 29.7. The Morgan fingerprint density at radius 3 is 1.91 bits per heavy atom. The van der Waals surface area contributed by atoms with E-state index in [2.05, 4.69) is 37.4 Å². The molecule has 1 amide bonds. The van der Waals surface area contributed by atoms with Crippen LogP contribution in [0, 0.1) is 0 Å². The molecule has 0 aliphatic heterocycles. The fourth-order valence-corrected chi connectivity index (χ4v) is 3.30. The molecule has 0 radical (unpaired) electrons. The van der Waals surface area contributed by atoms with Crippen LogP contribution < -0.4 is 5.32 Å². The fourth-order valence-electron chi connectivity index (χ4n) is 3.12. The molecule has 1 N–H and O–H groups in total. The molecule has 0 spiro atoms. The van der Waals surface area contributed by atoms with Gasteiger partial charge >= 0.3 is 0 Å². The first-order valence-corrected chi connectivity index (χ1v) is 12.9. The van der Waals surface area contributed by atoms with Crippen LogP contribution >= 0.6 is 23.0 Å². The van der Waals surface area contributed by atoms with Crippen molar-refractivity contribution in [2.24, 2.45) is 0 Å². The lowest BCUT2D eigenvalue weighted by Crippen LogP contribution is -2.27. The molecule has 1 unspecified atom stereocenters.